The number of piperidine rings is 1. The monoisotopic (exact) mass is 411 g/mol. The molecule has 3 amide bonds. The Morgan fingerprint density at radius 1 is 0.900 bits per heavy atom. The SMILES string of the molecule is O=C(C[C@H]1CC2(CCN(C(=O)N3CCOCC3)CC2)c2ccccc21)N1CCCC1. The van der Waals surface area contributed by atoms with Crippen LogP contribution < -0.4 is 0 Å². The van der Waals surface area contributed by atoms with Gasteiger partial charge in [0.25, 0.3) is 0 Å². The lowest BCUT2D eigenvalue weighted by Gasteiger charge is -2.42. The molecule has 0 N–H and O–H groups in total. The zero-order valence-electron chi connectivity index (χ0n) is 17.9. The average Bonchev–Trinajstić information content (AvgIpc) is 3.43. The van der Waals surface area contributed by atoms with Crippen molar-refractivity contribution in [2.24, 2.45) is 0 Å². The first-order valence-corrected chi connectivity index (χ1v) is 11.7. The van der Waals surface area contributed by atoms with Gasteiger partial charge in [-0.3, -0.25) is 4.79 Å². The highest BCUT2D eigenvalue weighted by molar-refractivity contribution is 5.78. The van der Waals surface area contributed by atoms with E-state index in [4.69, 9.17) is 4.74 Å². The summed E-state index contributed by atoms with van der Waals surface area (Å²) >= 11 is 0. The zero-order valence-corrected chi connectivity index (χ0v) is 17.9. The van der Waals surface area contributed by atoms with Crippen LogP contribution in [0.1, 0.15) is 55.6 Å². The van der Waals surface area contributed by atoms with Crippen LogP contribution in [-0.2, 0) is 14.9 Å². The summed E-state index contributed by atoms with van der Waals surface area (Å²) in [7, 11) is 0. The highest BCUT2D eigenvalue weighted by Crippen LogP contribution is 2.52. The maximum atomic E-state index is 12.9. The Morgan fingerprint density at radius 2 is 1.57 bits per heavy atom. The van der Waals surface area contributed by atoms with E-state index in [-0.39, 0.29) is 11.4 Å². The molecule has 0 unspecified atom stereocenters. The van der Waals surface area contributed by atoms with Gasteiger partial charge in [0.15, 0.2) is 0 Å². The minimum atomic E-state index is 0.119. The highest BCUT2D eigenvalue weighted by Gasteiger charge is 2.46. The zero-order chi connectivity index (χ0) is 20.6. The fraction of sp³-hybridized carbons (Fsp3) is 0.667. The Balaban J connectivity index is 1.28. The van der Waals surface area contributed by atoms with Gasteiger partial charge < -0.3 is 19.4 Å². The molecule has 0 saturated carbocycles. The largest absolute Gasteiger partial charge is 0.378 e. The minimum Gasteiger partial charge on any atom is -0.378 e. The van der Waals surface area contributed by atoms with Crippen LogP contribution in [0.4, 0.5) is 4.79 Å². The van der Waals surface area contributed by atoms with E-state index in [0.717, 1.165) is 58.3 Å². The maximum Gasteiger partial charge on any atom is 0.320 e. The molecule has 4 aliphatic rings. The minimum absolute atomic E-state index is 0.119. The molecule has 1 aromatic carbocycles. The number of ether oxygens (including phenoxy) is 1. The Bertz CT molecular complexity index is 791. The normalized spacial score (nSPS) is 25.6. The number of likely N-dealkylation sites (tertiary alicyclic amines) is 2. The lowest BCUT2D eigenvalue weighted by atomic mass is 9.73. The molecule has 0 bridgehead atoms. The Hall–Kier alpha value is -2.08. The summed E-state index contributed by atoms with van der Waals surface area (Å²) in [6, 6.07) is 8.92. The number of amides is 3. The first-order chi connectivity index (χ1) is 14.7. The first-order valence-electron chi connectivity index (χ1n) is 11.7. The van der Waals surface area contributed by atoms with Crippen molar-refractivity contribution in [3.05, 3.63) is 35.4 Å². The van der Waals surface area contributed by atoms with Gasteiger partial charge >= 0.3 is 6.03 Å². The fourth-order valence-electron chi connectivity index (χ4n) is 6.07. The first kappa shape index (κ1) is 19.9. The van der Waals surface area contributed by atoms with Gasteiger partial charge in [-0.15, -0.1) is 0 Å². The van der Waals surface area contributed by atoms with E-state index in [1.165, 1.54) is 11.1 Å². The van der Waals surface area contributed by atoms with Crippen molar-refractivity contribution in [3.8, 4) is 0 Å². The molecule has 1 aliphatic carbocycles. The summed E-state index contributed by atoms with van der Waals surface area (Å²) in [6.07, 6.45) is 5.96. The standard InChI is InChI=1S/C24H33N3O3/c28-22(25-9-3-4-10-25)17-19-18-24(21-6-2-1-5-20(19)21)7-11-26(12-8-24)23(29)27-13-15-30-16-14-27/h1-2,5-6,19H,3-4,7-18H2/t19-/m0/s1. The molecule has 162 valence electrons. The third-order valence-corrected chi connectivity index (χ3v) is 7.76. The van der Waals surface area contributed by atoms with Crippen LogP contribution in [0.5, 0.6) is 0 Å². The molecule has 1 spiro atoms. The Labute approximate surface area is 179 Å². The lowest BCUT2D eigenvalue weighted by Crippen LogP contribution is -2.52. The second-order valence-corrected chi connectivity index (χ2v) is 9.43. The molecule has 3 fully saturated rings. The molecular weight excluding hydrogens is 378 g/mol. The van der Waals surface area contributed by atoms with Gasteiger partial charge in [-0.05, 0) is 54.6 Å². The number of hydrogen-bond acceptors (Lipinski definition) is 3. The molecule has 0 aromatic heterocycles. The maximum absolute atomic E-state index is 12.9. The van der Waals surface area contributed by atoms with Crippen molar-refractivity contribution >= 4 is 11.9 Å². The number of hydrogen-bond donors (Lipinski definition) is 0. The molecule has 3 heterocycles. The van der Waals surface area contributed by atoms with Crippen molar-refractivity contribution in [3.63, 3.8) is 0 Å². The lowest BCUT2D eigenvalue weighted by molar-refractivity contribution is -0.130. The quantitative estimate of drug-likeness (QED) is 0.752. The number of fused-ring (bicyclic) bond motifs is 2. The van der Waals surface area contributed by atoms with Gasteiger partial charge in [-0.2, -0.15) is 0 Å². The van der Waals surface area contributed by atoms with Crippen LogP contribution in [0.15, 0.2) is 24.3 Å². The van der Waals surface area contributed by atoms with Crippen molar-refractivity contribution in [2.45, 2.75) is 49.9 Å². The average molecular weight is 412 g/mol. The summed E-state index contributed by atoms with van der Waals surface area (Å²) in [5.41, 5.74) is 2.93. The van der Waals surface area contributed by atoms with E-state index in [1.54, 1.807) is 0 Å². The predicted octanol–water partition coefficient (Wildman–Crippen LogP) is 2.97. The second kappa shape index (κ2) is 8.22. The summed E-state index contributed by atoms with van der Waals surface area (Å²) in [4.78, 5) is 31.8. The van der Waals surface area contributed by atoms with Crippen LogP contribution in [0, 0.1) is 0 Å². The molecule has 1 aromatic rings. The third-order valence-electron chi connectivity index (χ3n) is 7.76. The van der Waals surface area contributed by atoms with E-state index in [0.29, 0.717) is 44.5 Å². The van der Waals surface area contributed by atoms with Crippen LogP contribution in [0.25, 0.3) is 0 Å². The van der Waals surface area contributed by atoms with Gasteiger partial charge in [0.05, 0.1) is 13.2 Å². The van der Waals surface area contributed by atoms with Gasteiger partial charge in [-0.25, -0.2) is 4.79 Å². The van der Waals surface area contributed by atoms with Crippen LogP contribution in [-0.4, -0.2) is 79.1 Å². The Kier molecular flexibility index (Phi) is 5.44. The van der Waals surface area contributed by atoms with Gasteiger partial charge in [0, 0.05) is 45.7 Å². The molecule has 3 aliphatic heterocycles. The van der Waals surface area contributed by atoms with Crippen molar-refractivity contribution < 1.29 is 14.3 Å². The number of carbonyl (C=O) groups is 2. The highest BCUT2D eigenvalue weighted by atomic mass is 16.5. The van der Waals surface area contributed by atoms with Gasteiger partial charge in [0.1, 0.15) is 0 Å². The number of urea groups is 1. The number of rotatable bonds is 2. The number of morpholine rings is 1. The summed E-state index contributed by atoms with van der Waals surface area (Å²) in [5, 5.41) is 0. The molecule has 1 atom stereocenters. The molecule has 6 heteroatoms. The van der Waals surface area contributed by atoms with E-state index in [1.807, 2.05) is 9.80 Å². The summed E-state index contributed by atoms with van der Waals surface area (Å²) in [6.45, 7) is 6.14. The van der Waals surface area contributed by atoms with E-state index >= 15 is 0 Å². The number of benzene rings is 1. The predicted molar refractivity (Wildman–Crippen MR) is 115 cm³/mol. The molecule has 5 rings (SSSR count). The second-order valence-electron chi connectivity index (χ2n) is 9.43. The summed E-state index contributed by atoms with van der Waals surface area (Å²) in [5.74, 6) is 0.639. The molecule has 6 nitrogen and oxygen atoms in total. The van der Waals surface area contributed by atoms with E-state index in [9.17, 15) is 9.59 Å². The van der Waals surface area contributed by atoms with Gasteiger partial charge in [-0.1, -0.05) is 24.3 Å². The van der Waals surface area contributed by atoms with Gasteiger partial charge in [0.2, 0.25) is 5.91 Å². The van der Waals surface area contributed by atoms with Crippen LogP contribution >= 0.6 is 0 Å². The molecule has 0 radical (unpaired) electrons. The van der Waals surface area contributed by atoms with E-state index < -0.39 is 0 Å². The fourth-order valence-corrected chi connectivity index (χ4v) is 6.07. The Morgan fingerprint density at radius 3 is 2.30 bits per heavy atom. The third kappa shape index (κ3) is 3.59. The molecule has 3 saturated heterocycles. The number of nitrogens with zero attached hydrogens (tertiary/aromatic N) is 3. The van der Waals surface area contributed by atoms with Crippen LogP contribution in [0.2, 0.25) is 0 Å². The molecular formula is C24H33N3O3. The molecule has 30 heavy (non-hydrogen) atoms. The summed E-state index contributed by atoms with van der Waals surface area (Å²) < 4.78 is 5.39. The van der Waals surface area contributed by atoms with E-state index in [2.05, 4.69) is 29.2 Å². The topological polar surface area (TPSA) is 53.1 Å². The number of carbonyl (C=O) groups excluding carboxylic acids is 2. The van der Waals surface area contributed by atoms with Crippen molar-refractivity contribution in [1.29, 1.82) is 0 Å². The smallest absolute Gasteiger partial charge is 0.320 e. The van der Waals surface area contributed by atoms with Crippen LogP contribution in [0.3, 0.4) is 0 Å². The van der Waals surface area contributed by atoms with Crippen molar-refractivity contribution in [2.75, 3.05) is 52.5 Å². The van der Waals surface area contributed by atoms with Crippen molar-refractivity contribution in [1.82, 2.24) is 14.7 Å².